The molecule has 2 nitrogen and oxygen atoms in total. The lowest BCUT2D eigenvalue weighted by Gasteiger charge is -2.20. The Morgan fingerprint density at radius 1 is 1.35 bits per heavy atom. The average Bonchev–Trinajstić information content (AvgIpc) is 2.89. The van der Waals surface area contributed by atoms with Gasteiger partial charge in [-0.1, -0.05) is 12.1 Å². The zero-order valence-electron chi connectivity index (χ0n) is 11.1. The third kappa shape index (κ3) is 3.84. The van der Waals surface area contributed by atoms with E-state index in [0.29, 0.717) is 24.5 Å². The van der Waals surface area contributed by atoms with Crippen molar-refractivity contribution in [1.29, 1.82) is 0 Å². The molecule has 0 atom stereocenters. The van der Waals surface area contributed by atoms with E-state index in [-0.39, 0.29) is 5.91 Å². The maximum atomic E-state index is 12.5. The second kappa shape index (κ2) is 7.25. The van der Waals surface area contributed by atoms with E-state index in [1.54, 1.807) is 11.3 Å². The smallest absolute Gasteiger partial charge is 0.254 e. The third-order valence-corrected chi connectivity index (χ3v) is 4.89. The number of halogens is 2. The number of hydrogen-bond donors (Lipinski definition) is 0. The van der Waals surface area contributed by atoms with Crippen LogP contribution in [0.25, 0.3) is 0 Å². The van der Waals surface area contributed by atoms with Gasteiger partial charge in [0, 0.05) is 22.9 Å². The fourth-order valence-corrected chi connectivity index (χ4v) is 3.59. The van der Waals surface area contributed by atoms with Crippen LogP contribution in [0.4, 0.5) is 0 Å². The Kier molecular flexibility index (Phi) is 5.64. The highest BCUT2D eigenvalue weighted by molar-refractivity contribution is 9.11. The number of benzene rings is 1. The third-order valence-electron chi connectivity index (χ3n) is 2.97. The van der Waals surface area contributed by atoms with Gasteiger partial charge < -0.3 is 4.90 Å². The number of alkyl halides is 1. The SMILES string of the molecule is CCN(Cc1ccc(Br)s1)C(=O)c1cccc(CCl)c1. The van der Waals surface area contributed by atoms with E-state index in [1.807, 2.05) is 48.2 Å². The van der Waals surface area contributed by atoms with Crippen LogP contribution in [-0.2, 0) is 12.4 Å². The van der Waals surface area contributed by atoms with Crippen LogP contribution in [0.1, 0.15) is 27.7 Å². The van der Waals surface area contributed by atoms with Gasteiger partial charge in [-0.25, -0.2) is 0 Å². The monoisotopic (exact) mass is 371 g/mol. The van der Waals surface area contributed by atoms with Crippen molar-refractivity contribution in [3.05, 3.63) is 56.2 Å². The molecule has 0 fully saturated rings. The van der Waals surface area contributed by atoms with Crippen molar-refractivity contribution in [2.24, 2.45) is 0 Å². The van der Waals surface area contributed by atoms with Gasteiger partial charge in [-0.2, -0.15) is 0 Å². The molecule has 1 amide bonds. The molecule has 20 heavy (non-hydrogen) atoms. The van der Waals surface area contributed by atoms with Crippen LogP contribution in [0, 0.1) is 0 Å². The van der Waals surface area contributed by atoms with E-state index < -0.39 is 0 Å². The molecule has 0 aliphatic rings. The van der Waals surface area contributed by atoms with Gasteiger partial charge >= 0.3 is 0 Å². The number of carbonyl (C=O) groups is 1. The predicted octanol–water partition coefficient (Wildman–Crippen LogP) is 4.91. The molecule has 1 heterocycles. The number of carbonyl (C=O) groups excluding carboxylic acids is 1. The Bertz CT molecular complexity index is 599. The minimum Gasteiger partial charge on any atom is -0.334 e. The maximum absolute atomic E-state index is 12.5. The molecule has 0 N–H and O–H groups in total. The fraction of sp³-hybridized carbons (Fsp3) is 0.267. The highest BCUT2D eigenvalue weighted by Crippen LogP contribution is 2.24. The summed E-state index contributed by atoms with van der Waals surface area (Å²) < 4.78 is 1.08. The molecule has 1 aromatic carbocycles. The Balaban J connectivity index is 2.15. The van der Waals surface area contributed by atoms with Crippen LogP contribution in [0.15, 0.2) is 40.2 Å². The molecule has 0 bridgehead atoms. The first kappa shape index (κ1) is 15.5. The molecule has 0 aliphatic carbocycles. The summed E-state index contributed by atoms with van der Waals surface area (Å²) >= 11 is 10.9. The number of nitrogens with zero attached hydrogens (tertiary/aromatic N) is 1. The van der Waals surface area contributed by atoms with Gasteiger partial charge in [0.1, 0.15) is 0 Å². The molecule has 1 aromatic heterocycles. The van der Waals surface area contributed by atoms with Crippen LogP contribution < -0.4 is 0 Å². The molecule has 2 aromatic rings. The molecule has 0 saturated heterocycles. The Labute approximate surface area is 136 Å². The highest BCUT2D eigenvalue weighted by atomic mass is 79.9. The quantitative estimate of drug-likeness (QED) is 0.683. The zero-order valence-corrected chi connectivity index (χ0v) is 14.3. The van der Waals surface area contributed by atoms with E-state index in [2.05, 4.69) is 15.9 Å². The molecule has 106 valence electrons. The second-order valence-corrected chi connectivity index (χ2v) is 7.17. The lowest BCUT2D eigenvalue weighted by Crippen LogP contribution is -2.30. The van der Waals surface area contributed by atoms with Crippen LogP contribution in [0.2, 0.25) is 0 Å². The van der Waals surface area contributed by atoms with Crippen molar-refractivity contribution in [2.75, 3.05) is 6.54 Å². The second-order valence-electron chi connectivity index (χ2n) is 4.36. The van der Waals surface area contributed by atoms with Crippen molar-refractivity contribution in [3.63, 3.8) is 0 Å². The molecule has 5 heteroatoms. The van der Waals surface area contributed by atoms with E-state index in [0.717, 1.165) is 9.35 Å². The van der Waals surface area contributed by atoms with Gasteiger partial charge in [-0.05, 0) is 52.7 Å². The van der Waals surface area contributed by atoms with Crippen LogP contribution in [-0.4, -0.2) is 17.4 Å². The molecule has 0 radical (unpaired) electrons. The number of rotatable bonds is 5. The summed E-state index contributed by atoms with van der Waals surface area (Å²) in [6.45, 7) is 3.31. The molecule has 2 rings (SSSR count). The molecule has 0 spiro atoms. The first-order valence-corrected chi connectivity index (χ1v) is 8.46. The van der Waals surface area contributed by atoms with E-state index in [9.17, 15) is 4.79 Å². The van der Waals surface area contributed by atoms with Crippen LogP contribution in [0.3, 0.4) is 0 Å². The first-order chi connectivity index (χ1) is 9.63. The van der Waals surface area contributed by atoms with Crippen LogP contribution in [0.5, 0.6) is 0 Å². The summed E-state index contributed by atoms with van der Waals surface area (Å²) in [5.41, 5.74) is 1.66. The molecule has 0 aliphatic heterocycles. The average molecular weight is 373 g/mol. The van der Waals surface area contributed by atoms with Gasteiger partial charge in [-0.3, -0.25) is 4.79 Å². The van der Waals surface area contributed by atoms with Gasteiger partial charge in [0.15, 0.2) is 0 Å². The number of amides is 1. The summed E-state index contributed by atoms with van der Waals surface area (Å²) in [5, 5.41) is 0. The van der Waals surface area contributed by atoms with Gasteiger partial charge in [-0.15, -0.1) is 22.9 Å². The van der Waals surface area contributed by atoms with Gasteiger partial charge in [0.25, 0.3) is 5.91 Å². The van der Waals surface area contributed by atoms with Crippen molar-refractivity contribution in [1.82, 2.24) is 4.90 Å². The molecule has 0 saturated carbocycles. The van der Waals surface area contributed by atoms with Crippen molar-refractivity contribution < 1.29 is 4.79 Å². The lowest BCUT2D eigenvalue weighted by atomic mass is 10.1. The molecular formula is C15H15BrClNOS. The number of thiophene rings is 1. The minimum absolute atomic E-state index is 0.0454. The van der Waals surface area contributed by atoms with Crippen LogP contribution >= 0.6 is 38.9 Å². The topological polar surface area (TPSA) is 20.3 Å². The van der Waals surface area contributed by atoms with Gasteiger partial charge in [0.2, 0.25) is 0 Å². The maximum Gasteiger partial charge on any atom is 0.254 e. The largest absolute Gasteiger partial charge is 0.334 e. The van der Waals surface area contributed by atoms with Gasteiger partial charge in [0.05, 0.1) is 10.3 Å². The van der Waals surface area contributed by atoms with Crippen molar-refractivity contribution >= 4 is 44.8 Å². The van der Waals surface area contributed by atoms with E-state index >= 15 is 0 Å². The Morgan fingerprint density at radius 2 is 2.15 bits per heavy atom. The summed E-state index contributed by atoms with van der Waals surface area (Å²) in [6.07, 6.45) is 0. The standard InChI is InChI=1S/C15H15BrClNOS/c1-2-18(10-13-6-7-14(16)20-13)15(19)12-5-3-4-11(8-12)9-17/h3-8H,2,9-10H2,1H3. The fourth-order valence-electron chi connectivity index (χ4n) is 1.92. The highest BCUT2D eigenvalue weighted by Gasteiger charge is 2.15. The summed E-state index contributed by atoms with van der Waals surface area (Å²) in [6, 6.07) is 11.6. The summed E-state index contributed by atoms with van der Waals surface area (Å²) in [5.74, 6) is 0.467. The van der Waals surface area contributed by atoms with E-state index in [4.69, 9.17) is 11.6 Å². The Morgan fingerprint density at radius 3 is 2.75 bits per heavy atom. The Hall–Kier alpha value is -0.840. The first-order valence-electron chi connectivity index (χ1n) is 6.32. The van der Waals surface area contributed by atoms with Crippen molar-refractivity contribution in [3.8, 4) is 0 Å². The normalized spacial score (nSPS) is 10.6. The predicted molar refractivity (Wildman–Crippen MR) is 88.4 cm³/mol. The summed E-state index contributed by atoms with van der Waals surface area (Å²) in [7, 11) is 0. The molecule has 0 unspecified atom stereocenters. The van der Waals surface area contributed by atoms with E-state index in [1.165, 1.54) is 4.88 Å². The molecular weight excluding hydrogens is 358 g/mol. The number of hydrogen-bond acceptors (Lipinski definition) is 2. The summed E-state index contributed by atoms with van der Waals surface area (Å²) in [4.78, 5) is 15.5. The lowest BCUT2D eigenvalue weighted by molar-refractivity contribution is 0.0754. The van der Waals surface area contributed by atoms with Crippen molar-refractivity contribution in [2.45, 2.75) is 19.3 Å². The minimum atomic E-state index is 0.0454. The zero-order chi connectivity index (χ0) is 14.5.